The minimum atomic E-state index is -4.54. The first kappa shape index (κ1) is 25.2. The van der Waals surface area contributed by atoms with Gasteiger partial charge in [-0.05, 0) is 56.1 Å². The quantitative estimate of drug-likeness (QED) is 0.569. The summed E-state index contributed by atoms with van der Waals surface area (Å²) in [4.78, 5) is 16.4. The van der Waals surface area contributed by atoms with Crippen LogP contribution in [-0.2, 0) is 11.0 Å². The maximum Gasteiger partial charge on any atom is 0.416 e. The molecule has 8 nitrogen and oxygen atoms in total. The van der Waals surface area contributed by atoms with E-state index in [4.69, 9.17) is 0 Å². The van der Waals surface area contributed by atoms with Crippen LogP contribution in [0.25, 0.3) is 11.3 Å². The first-order valence-electron chi connectivity index (χ1n) is 11.6. The average molecular weight is 494 g/mol. The minimum Gasteiger partial charge on any atom is -0.507 e. The van der Waals surface area contributed by atoms with Crippen LogP contribution >= 0.6 is 0 Å². The monoisotopic (exact) mass is 493 g/mol. The van der Waals surface area contributed by atoms with Crippen LogP contribution < -0.4 is 5.32 Å². The maximum atomic E-state index is 12.9. The van der Waals surface area contributed by atoms with Crippen molar-refractivity contribution in [3.05, 3.63) is 35.4 Å². The van der Waals surface area contributed by atoms with Gasteiger partial charge in [0, 0.05) is 36.7 Å². The number of anilines is 1. The highest BCUT2D eigenvalue weighted by molar-refractivity contribution is 5.79. The number of nitrogens with one attached hydrogen (secondary N) is 1. The lowest BCUT2D eigenvalue weighted by molar-refractivity contribution is -0.146. The van der Waals surface area contributed by atoms with Gasteiger partial charge < -0.3 is 20.4 Å². The summed E-state index contributed by atoms with van der Waals surface area (Å²) in [5.41, 5.74) is 0.0218. The van der Waals surface area contributed by atoms with Crippen LogP contribution in [0.1, 0.15) is 30.9 Å². The highest BCUT2D eigenvalue weighted by atomic mass is 19.4. The topological polar surface area (TPSA) is 102 Å². The van der Waals surface area contributed by atoms with Gasteiger partial charge in [0.25, 0.3) is 0 Å². The molecule has 4 rings (SSSR count). The molecule has 3 N–H and O–H groups in total. The number of amides is 1. The van der Waals surface area contributed by atoms with E-state index in [9.17, 15) is 28.2 Å². The summed E-state index contributed by atoms with van der Waals surface area (Å²) in [5, 5.41) is 31.2. The van der Waals surface area contributed by atoms with Crippen molar-refractivity contribution < 1.29 is 28.2 Å². The Kier molecular flexibility index (Phi) is 6.92. The van der Waals surface area contributed by atoms with Crippen molar-refractivity contribution in [2.75, 3.05) is 44.6 Å². The van der Waals surface area contributed by atoms with Crippen molar-refractivity contribution in [2.24, 2.45) is 5.41 Å². The SMILES string of the molecule is Cc1cc(N[C@@H]2CCCN(CC(=O)N3CC(C)(CO)C3)C2)nnc1-c1ccc(C(F)(F)F)cc1O. The van der Waals surface area contributed by atoms with Gasteiger partial charge in [0.15, 0.2) is 0 Å². The maximum absolute atomic E-state index is 12.9. The third-order valence-electron chi connectivity index (χ3n) is 6.66. The zero-order valence-electron chi connectivity index (χ0n) is 19.8. The van der Waals surface area contributed by atoms with E-state index in [0.29, 0.717) is 49.3 Å². The molecule has 2 aliphatic rings. The van der Waals surface area contributed by atoms with Crippen LogP contribution in [0.4, 0.5) is 19.0 Å². The Bertz CT molecular complexity index is 1090. The molecule has 11 heteroatoms. The fourth-order valence-electron chi connectivity index (χ4n) is 4.70. The number of hydrogen-bond donors (Lipinski definition) is 3. The molecule has 1 aromatic carbocycles. The number of nitrogens with zero attached hydrogens (tertiary/aromatic N) is 4. The number of aromatic hydroxyl groups is 1. The normalized spacial score (nSPS) is 20.4. The molecular formula is C24H30F3N5O3. The van der Waals surface area contributed by atoms with E-state index < -0.39 is 17.5 Å². The van der Waals surface area contributed by atoms with Gasteiger partial charge in [-0.3, -0.25) is 9.69 Å². The summed E-state index contributed by atoms with van der Waals surface area (Å²) in [7, 11) is 0. The summed E-state index contributed by atoms with van der Waals surface area (Å²) in [6, 6.07) is 4.60. The molecule has 0 unspecified atom stereocenters. The number of carbonyl (C=O) groups excluding carboxylic acids is 1. The number of aromatic nitrogens is 2. The van der Waals surface area contributed by atoms with Gasteiger partial charge in [0.1, 0.15) is 11.6 Å². The predicted octanol–water partition coefficient (Wildman–Crippen LogP) is 2.89. The second kappa shape index (κ2) is 9.62. The van der Waals surface area contributed by atoms with Crippen molar-refractivity contribution in [2.45, 2.75) is 38.9 Å². The molecule has 0 aliphatic carbocycles. The number of aliphatic hydroxyl groups is 1. The van der Waals surface area contributed by atoms with Gasteiger partial charge in [-0.15, -0.1) is 10.2 Å². The van der Waals surface area contributed by atoms with E-state index in [1.165, 1.54) is 6.07 Å². The van der Waals surface area contributed by atoms with Gasteiger partial charge in [0.2, 0.25) is 5.91 Å². The van der Waals surface area contributed by atoms with Gasteiger partial charge in [-0.25, -0.2) is 0 Å². The largest absolute Gasteiger partial charge is 0.507 e. The third kappa shape index (κ3) is 5.67. The number of hydrogen-bond acceptors (Lipinski definition) is 7. The van der Waals surface area contributed by atoms with Crippen LogP contribution in [0.5, 0.6) is 5.75 Å². The van der Waals surface area contributed by atoms with Gasteiger partial charge in [0.05, 0.1) is 24.4 Å². The molecule has 2 fully saturated rings. The Morgan fingerprint density at radius 3 is 2.63 bits per heavy atom. The first-order chi connectivity index (χ1) is 16.5. The molecule has 3 heterocycles. The molecule has 35 heavy (non-hydrogen) atoms. The van der Waals surface area contributed by atoms with E-state index in [1.807, 2.05) is 6.92 Å². The number of benzene rings is 1. The number of aryl methyl sites for hydroxylation is 1. The lowest BCUT2D eigenvalue weighted by Gasteiger charge is -2.47. The van der Waals surface area contributed by atoms with Crippen molar-refractivity contribution in [3.8, 4) is 17.0 Å². The average Bonchev–Trinajstić information content (AvgIpc) is 2.77. The summed E-state index contributed by atoms with van der Waals surface area (Å²) in [6.07, 6.45) is -2.72. The van der Waals surface area contributed by atoms with E-state index in [0.717, 1.165) is 25.5 Å². The van der Waals surface area contributed by atoms with Gasteiger partial charge >= 0.3 is 6.18 Å². The number of likely N-dealkylation sites (tertiary alicyclic amines) is 2. The van der Waals surface area contributed by atoms with Crippen LogP contribution in [0.3, 0.4) is 0 Å². The number of carbonyl (C=O) groups is 1. The molecule has 0 bridgehead atoms. The van der Waals surface area contributed by atoms with Crippen LogP contribution in [0.2, 0.25) is 0 Å². The molecule has 0 saturated carbocycles. The Balaban J connectivity index is 1.37. The predicted molar refractivity (Wildman–Crippen MR) is 124 cm³/mol. The molecule has 0 radical (unpaired) electrons. The number of phenolic OH excluding ortho intramolecular Hbond substituents is 1. The fraction of sp³-hybridized carbons (Fsp3) is 0.542. The standard InChI is InChI=1S/C24H30F3N5O3/c1-15-8-20(29-30-22(15)18-6-5-16(9-19(18)34)24(25,26)27)28-17-4-3-7-31(10-17)11-21(35)32-12-23(2,13-32)14-33/h5-6,8-9,17,33-34H,3-4,7,10-14H2,1-2H3,(H,28,29)/t17-/m1/s1. The smallest absolute Gasteiger partial charge is 0.416 e. The van der Waals surface area contributed by atoms with E-state index >= 15 is 0 Å². The van der Waals surface area contributed by atoms with Crippen LogP contribution in [-0.4, -0.2) is 81.5 Å². The number of phenols is 1. The fourth-order valence-corrected chi connectivity index (χ4v) is 4.70. The van der Waals surface area contributed by atoms with Crippen LogP contribution in [0.15, 0.2) is 24.3 Å². The van der Waals surface area contributed by atoms with Crippen molar-refractivity contribution in [1.29, 1.82) is 0 Å². The second-order valence-electron chi connectivity index (χ2n) is 9.93. The molecule has 1 atom stereocenters. The highest BCUT2D eigenvalue weighted by Crippen LogP contribution is 2.37. The highest BCUT2D eigenvalue weighted by Gasteiger charge is 2.41. The van der Waals surface area contributed by atoms with E-state index in [-0.39, 0.29) is 29.5 Å². The Hall–Kier alpha value is -2.92. The van der Waals surface area contributed by atoms with Crippen molar-refractivity contribution in [1.82, 2.24) is 20.0 Å². The Morgan fingerprint density at radius 2 is 2.00 bits per heavy atom. The number of rotatable bonds is 6. The van der Waals surface area contributed by atoms with Gasteiger partial charge in [-0.1, -0.05) is 6.92 Å². The molecular weight excluding hydrogens is 463 g/mol. The molecule has 1 aromatic heterocycles. The minimum absolute atomic E-state index is 0.0629. The van der Waals surface area contributed by atoms with E-state index in [2.05, 4.69) is 20.4 Å². The summed E-state index contributed by atoms with van der Waals surface area (Å²) in [6.45, 7) is 6.77. The summed E-state index contributed by atoms with van der Waals surface area (Å²) in [5.74, 6) is 0.0808. The molecule has 0 spiro atoms. The zero-order chi connectivity index (χ0) is 25.4. The van der Waals surface area contributed by atoms with E-state index in [1.54, 1.807) is 17.9 Å². The number of piperidine rings is 1. The lowest BCUT2D eigenvalue weighted by Crippen LogP contribution is -2.60. The zero-order valence-corrected chi connectivity index (χ0v) is 19.8. The summed E-state index contributed by atoms with van der Waals surface area (Å²) >= 11 is 0. The van der Waals surface area contributed by atoms with Crippen LogP contribution in [0, 0.1) is 12.3 Å². The Morgan fingerprint density at radius 1 is 1.26 bits per heavy atom. The molecule has 1 amide bonds. The third-order valence-corrected chi connectivity index (χ3v) is 6.66. The van der Waals surface area contributed by atoms with Crippen molar-refractivity contribution >= 4 is 11.7 Å². The summed E-state index contributed by atoms with van der Waals surface area (Å²) < 4.78 is 38.6. The van der Waals surface area contributed by atoms with Gasteiger partial charge in [-0.2, -0.15) is 13.2 Å². The molecule has 2 aliphatic heterocycles. The first-order valence-corrected chi connectivity index (χ1v) is 11.6. The lowest BCUT2D eigenvalue weighted by atomic mass is 9.83. The number of alkyl halides is 3. The van der Waals surface area contributed by atoms with Crippen molar-refractivity contribution in [3.63, 3.8) is 0 Å². The Labute approximate surface area is 201 Å². The number of aliphatic hydroxyl groups excluding tert-OH is 1. The second-order valence-corrected chi connectivity index (χ2v) is 9.93. The number of halogens is 3. The molecule has 2 saturated heterocycles. The molecule has 2 aromatic rings. The molecule has 190 valence electrons.